The van der Waals surface area contributed by atoms with Gasteiger partial charge in [-0.05, 0) is 18.9 Å². The maximum Gasteiger partial charge on any atom is 0.314 e. The van der Waals surface area contributed by atoms with Crippen LogP contribution in [-0.4, -0.2) is 29.4 Å². The molecule has 1 aromatic carbocycles. The van der Waals surface area contributed by atoms with Gasteiger partial charge in [-0.15, -0.1) is 0 Å². The average molecular weight is 278 g/mol. The first-order valence-corrected chi connectivity index (χ1v) is 7.00. The smallest absolute Gasteiger partial charge is 0.314 e. The fraction of sp³-hybridized carbons (Fsp3) is 0.533. The quantitative estimate of drug-likeness (QED) is 0.869. The highest BCUT2D eigenvalue weighted by molar-refractivity contribution is 5.83. The third kappa shape index (κ3) is 1.97. The summed E-state index contributed by atoms with van der Waals surface area (Å²) >= 11 is 0. The van der Waals surface area contributed by atoms with E-state index in [0.717, 1.165) is 19.3 Å². The number of phenols is 1. The van der Waals surface area contributed by atoms with Gasteiger partial charge < -0.3 is 19.7 Å². The van der Waals surface area contributed by atoms with Crippen LogP contribution in [0, 0.1) is 0 Å². The lowest BCUT2D eigenvalue weighted by Crippen LogP contribution is -2.32. The molecule has 0 bridgehead atoms. The fourth-order valence-electron chi connectivity index (χ4n) is 3.16. The topological polar surface area (TPSA) is 76.0 Å². The van der Waals surface area contributed by atoms with Crippen LogP contribution in [0.1, 0.15) is 37.7 Å². The molecular formula is C15H18O5. The van der Waals surface area contributed by atoms with Crippen molar-refractivity contribution >= 4 is 5.97 Å². The molecule has 0 unspecified atom stereocenters. The van der Waals surface area contributed by atoms with Gasteiger partial charge in [0.2, 0.25) is 0 Å². The van der Waals surface area contributed by atoms with Crippen LogP contribution in [0.2, 0.25) is 0 Å². The van der Waals surface area contributed by atoms with E-state index in [1.54, 1.807) is 6.07 Å². The lowest BCUT2D eigenvalue weighted by molar-refractivity contribution is -0.143. The number of rotatable bonds is 2. The zero-order valence-corrected chi connectivity index (χ0v) is 11.2. The molecule has 5 nitrogen and oxygen atoms in total. The van der Waals surface area contributed by atoms with Crippen LogP contribution in [0.4, 0.5) is 0 Å². The molecule has 2 aliphatic rings. The van der Waals surface area contributed by atoms with Gasteiger partial charge in [0.25, 0.3) is 0 Å². The first kappa shape index (κ1) is 13.1. The van der Waals surface area contributed by atoms with Gasteiger partial charge in [0.1, 0.15) is 5.75 Å². The largest absolute Gasteiger partial charge is 0.507 e. The fourth-order valence-corrected chi connectivity index (χ4v) is 3.16. The van der Waals surface area contributed by atoms with Crippen LogP contribution < -0.4 is 9.47 Å². The van der Waals surface area contributed by atoms with Crippen molar-refractivity contribution in [2.75, 3.05) is 13.2 Å². The molecule has 1 aromatic rings. The van der Waals surface area contributed by atoms with Crippen molar-refractivity contribution in [3.63, 3.8) is 0 Å². The van der Waals surface area contributed by atoms with Gasteiger partial charge >= 0.3 is 5.97 Å². The van der Waals surface area contributed by atoms with Crippen molar-refractivity contribution in [2.24, 2.45) is 0 Å². The molecule has 20 heavy (non-hydrogen) atoms. The van der Waals surface area contributed by atoms with Gasteiger partial charge in [0.05, 0.1) is 18.6 Å². The second kappa shape index (κ2) is 4.89. The standard InChI is InChI=1S/C15H18O5/c16-11-9-13-12(19-6-3-7-20-13)8-10(11)15(14(17)18)4-1-2-5-15/h8-9,16H,1-7H2,(H,17,18). The highest BCUT2D eigenvalue weighted by Gasteiger charge is 2.45. The van der Waals surface area contributed by atoms with Crippen molar-refractivity contribution in [3.05, 3.63) is 17.7 Å². The summed E-state index contributed by atoms with van der Waals surface area (Å²) in [4.78, 5) is 11.7. The van der Waals surface area contributed by atoms with Crippen LogP contribution in [-0.2, 0) is 10.2 Å². The summed E-state index contributed by atoms with van der Waals surface area (Å²) in [6, 6.07) is 3.13. The van der Waals surface area contributed by atoms with Crippen LogP contribution in [0.25, 0.3) is 0 Å². The zero-order valence-electron chi connectivity index (χ0n) is 11.2. The van der Waals surface area contributed by atoms with Gasteiger partial charge in [0, 0.05) is 18.1 Å². The third-order valence-electron chi connectivity index (χ3n) is 4.25. The lowest BCUT2D eigenvalue weighted by Gasteiger charge is -2.26. The SMILES string of the molecule is O=C(O)C1(c2cc3c(cc2O)OCCCO3)CCCC1. The van der Waals surface area contributed by atoms with E-state index >= 15 is 0 Å². The maximum atomic E-state index is 11.7. The summed E-state index contributed by atoms with van der Waals surface area (Å²) in [7, 11) is 0. The summed E-state index contributed by atoms with van der Waals surface area (Å²) < 4.78 is 11.1. The maximum absolute atomic E-state index is 11.7. The summed E-state index contributed by atoms with van der Waals surface area (Å²) in [5, 5.41) is 19.9. The second-order valence-corrected chi connectivity index (χ2v) is 5.46. The number of fused-ring (bicyclic) bond motifs is 1. The number of phenolic OH excluding ortho intramolecular Hbond substituents is 1. The highest BCUT2D eigenvalue weighted by atomic mass is 16.5. The molecule has 0 spiro atoms. The monoisotopic (exact) mass is 278 g/mol. The van der Waals surface area contributed by atoms with Gasteiger partial charge in [-0.3, -0.25) is 4.79 Å². The molecule has 0 amide bonds. The number of carbonyl (C=O) groups is 1. The minimum Gasteiger partial charge on any atom is -0.507 e. The summed E-state index contributed by atoms with van der Waals surface area (Å²) in [5.41, 5.74) is -0.541. The predicted octanol–water partition coefficient (Wildman–Crippen LogP) is 2.45. The first-order chi connectivity index (χ1) is 9.63. The summed E-state index contributed by atoms with van der Waals surface area (Å²) in [6.45, 7) is 1.08. The van der Waals surface area contributed by atoms with Gasteiger partial charge in [-0.1, -0.05) is 12.8 Å². The number of hydrogen-bond donors (Lipinski definition) is 2. The Bertz CT molecular complexity index is 531. The van der Waals surface area contributed by atoms with E-state index < -0.39 is 11.4 Å². The Morgan fingerprint density at radius 3 is 2.25 bits per heavy atom. The Morgan fingerprint density at radius 1 is 1.05 bits per heavy atom. The molecule has 0 atom stereocenters. The Balaban J connectivity index is 2.09. The molecule has 0 saturated heterocycles. The first-order valence-electron chi connectivity index (χ1n) is 7.00. The number of ether oxygens (including phenoxy) is 2. The molecule has 1 aliphatic heterocycles. The van der Waals surface area contributed by atoms with E-state index in [0.29, 0.717) is 43.1 Å². The van der Waals surface area contributed by atoms with Crippen LogP contribution in [0.15, 0.2) is 12.1 Å². The normalized spacial score (nSPS) is 20.4. The van der Waals surface area contributed by atoms with Gasteiger partial charge in [0.15, 0.2) is 11.5 Å². The molecular weight excluding hydrogens is 260 g/mol. The molecule has 1 fully saturated rings. The number of hydrogen-bond acceptors (Lipinski definition) is 4. The number of benzene rings is 1. The van der Waals surface area contributed by atoms with Crippen molar-refractivity contribution in [1.82, 2.24) is 0 Å². The highest BCUT2D eigenvalue weighted by Crippen LogP contribution is 2.48. The molecule has 108 valence electrons. The molecule has 0 radical (unpaired) electrons. The van der Waals surface area contributed by atoms with Crippen molar-refractivity contribution < 1.29 is 24.5 Å². The summed E-state index contributed by atoms with van der Waals surface area (Å²) in [5.74, 6) is 0.128. The Kier molecular flexibility index (Phi) is 3.20. The molecule has 3 rings (SSSR count). The third-order valence-corrected chi connectivity index (χ3v) is 4.25. The van der Waals surface area contributed by atoms with E-state index in [1.807, 2.05) is 0 Å². The minimum atomic E-state index is -0.991. The molecule has 0 aromatic heterocycles. The lowest BCUT2D eigenvalue weighted by atomic mass is 9.78. The number of aliphatic carboxylic acids is 1. The van der Waals surface area contributed by atoms with Crippen LogP contribution >= 0.6 is 0 Å². The Hall–Kier alpha value is -1.91. The van der Waals surface area contributed by atoms with E-state index in [1.165, 1.54) is 6.07 Å². The van der Waals surface area contributed by atoms with Crippen molar-refractivity contribution in [3.8, 4) is 17.2 Å². The van der Waals surface area contributed by atoms with Crippen LogP contribution in [0.5, 0.6) is 17.2 Å². The number of carboxylic acid groups (broad SMARTS) is 1. The van der Waals surface area contributed by atoms with E-state index in [2.05, 4.69) is 0 Å². The molecule has 1 aliphatic carbocycles. The molecule has 5 heteroatoms. The molecule has 1 heterocycles. The summed E-state index contributed by atoms with van der Waals surface area (Å²) in [6.07, 6.45) is 3.60. The number of aromatic hydroxyl groups is 1. The van der Waals surface area contributed by atoms with Crippen molar-refractivity contribution in [2.45, 2.75) is 37.5 Å². The van der Waals surface area contributed by atoms with E-state index in [4.69, 9.17) is 9.47 Å². The predicted molar refractivity (Wildman–Crippen MR) is 71.5 cm³/mol. The Labute approximate surface area is 117 Å². The average Bonchev–Trinajstić information content (AvgIpc) is 2.80. The van der Waals surface area contributed by atoms with E-state index in [-0.39, 0.29) is 5.75 Å². The van der Waals surface area contributed by atoms with Crippen LogP contribution in [0.3, 0.4) is 0 Å². The second-order valence-electron chi connectivity index (χ2n) is 5.46. The van der Waals surface area contributed by atoms with E-state index in [9.17, 15) is 15.0 Å². The number of carboxylic acids is 1. The zero-order chi connectivity index (χ0) is 14.2. The van der Waals surface area contributed by atoms with Gasteiger partial charge in [-0.2, -0.15) is 0 Å². The van der Waals surface area contributed by atoms with Gasteiger partial charge in [-0.25, -0.2) is 0 Å². The molecule has 1 saturated carbocycles. The van der Waals surface area contributed by atoms with Crippen molar-refractivity contribution in [1.29, 1.82) is 0 Å². The minimum absolute atomic E-state index is 0.0152. The Morgan fingerprint density at radius 2 is 1.65 bits per heavy atom. The molecule has 2 N–H and O–H groups in total.